The van der Waals surface area contributed by atoms with Crippen LogP contribution in [0.25, 0.3) is 5.65 Å². The van der Waals surface area contributed by atoms with E-state index in [1.165, 1.54) is 10.7 Å². The number of nitrogens with zero attached hydrogens (tertiary/aromatic N) is 3. The van der Waals surface area contributed by atoms with Gasteiger partial charge in [0.25, 0.3) is 0 Å². The van der Waals surface area contributed by atoms with Crippen LogP contribution < -0.4 is 5.32 Å². The number of rotatable bonds is 4. The van der Waals surface area contributed by atoms with E-state index in [4.69, 9.17) is 5.11 Å². The summed E-state index contributed by atoms with van der Waals surface area (Å²) in [6.45, 7) is 0.462. The summed E-state index contributed by atoms with van der Waals surface area (Å²) in [5.74, 6) is -0.369. The molecule has 2 heterocycles. The Balaban J connectivity index is 1.84. The van der Waals surface area contributed by atoms with Crippen molar-refractivity contribution >= 4 is 17.4 Å². The molecule has 0 bridgehead atoms. The molecule has 3 rings (SSSR count). The first kappa shape index (κ1) is 12.9. The van der Waals surface area contributed by atoms with E-state index < -0.39 is 5.97 Å². The lowest BCUT2D eigenvalue weighted by Crippen LogP contribution is -2.08. The maximum Gasteiger partial charge on any atom is 0.356 e. The Morgan fingerprint density at radius 3 is 2.90 bits per heavy atom. The highest BCUT2D eigenvalue weighted by Crippen LogP contribution is 2.13. The molecule has 0 aliphatic heterocycles. The van der Waals surface area contributed by atoms with Crippen molar-refractivity contribution in [2.75, 3.05) is 5.32 Å². The van der Waals surface area contributed by atoms with Crippen LogP contribution in [-0.2, 0) is 6.54 Å². The quantitative estimate of drug-likeness (QED) is 0.675. The zero-order valence-corrected chi connectivity index (χ0v) is 10.9. The predicted molar refractivity (Wildman–Crippen MR) is 75.4 cm³/mol. The average Bonchev–Trinajstić information content (AvgIpc) is 2.88. The third-order valence-electron chi connectivity index (χ3n) is 2.97. The van der Waals surface area contributed by atoms with Crippen LogP contribution in [0.1, 0.15) is 16.1 Å². The first-order valence-corrected chi connectivity index (χ1v) is 6.23. The highest BCUT2D eigenvalue weighted by molar-refractivity contribution is 5.86. The van der Waals surface area contributed by atoms with Crippen LogP contribution in [0.15, 0.2) is 42.6 Å². The molecular formula is C14H12N4O3. The number of aromatic nitrogens is 3. The van der Waals surface area contributed by atoms with E-state index in [9.17, 15) is 9.90 Å². The van der Waals surface area contributed by atoms with Crippen molar-refractivity contribution < 1.29 is 15.0 Å². The molecule has 0 saturated carbocycles. The lowest BCUT2D eigenvalue weighted by Gasteiger charge is -2.06. The Morgan fingerprint density at radius 1 is 1.29 bits per heavy atom. The molecule has 1 aromatic carbocycles. The summed E-state index contributed by atoms with van der Waals surface area (Å²) < 4.78 is 1.27. The van der Waals surface area contributed by atoms with Crippen molar-refractivity contribution in [2.45, 2.75) is 6.54 Å². The van der Waals surface area contributed by atoms with Gasteiger partial charge in [-0.2, -0.15) is 0 Å². The SMILES string of the molecule is O=C(O)c1cnc2ccc(NCc3cccc(O)c3)nn12. The topological polar surface area (TPSA) is 99.8 Å². The number of carboxylic acid groups (broad SMARTS) is 1. The van der Waals surface area contributed by atoms with Gasteiger partial charge in [-0.3, -0.25) is 0 Å². The highest BCUT2D eigenvalue weighted by atomic mass is 16.4. The number of phenolic OH excluding ortho intramolecular Hbond substituents is 1. The molecule has 0 atom stereocenters. The van der Waals surface area contributed by atoms with E-state index in [0.717, 1.165) is 5.56 Å². The second kappa shape index (κ2) is 5.12. The number of carboxylic acids is 1. The number of aromatic carboxylic acids is 1. The number of nitrogens with one attached hydrogen (secondary N) is 1. The van der Waals surface area contributed by atoms with Gasteiger partial charge in [0.2, 0.25) is 0 Å². The molecule has 7 heteroatoms. The summed E-state index contributed by atoms with van der Waals surface area (Å²) in [6.07, 6.45) is 1.27. The summed E-state index contributed by atoms with van der Waals surface area (Å²) >= 11 is 0. The molecule has 106 valence electrons. The first-order chi connectivity index (χ1) is 10.1. The van der Waals surface area contributed by atoms with Gasteiger partial charge < -0.3 is 15.5 Å². The lowest BCUT2D eigenvalue weighted by molar-refractivity contribution is 0.0688. The maximum absolute atomic E-state index is 11.1. The van der Waals surface area contributed by atoms with Crippen molar-refractivity contribution in [3.05, 3.63) is 53.9 Å². The first-order valence-electron chi connectivity index (χ1n) is 6.23. The second-order valence-electron chi connectivity index (χ2n) is 4.46. The second-order valence-corrected chi connectivity index (χ2v) is 4.46. The van der Waals surface area contributed by atoms with Crippen molar-refractivity contribution in [3.8, 4) is 5.75 Å². The molecule has 0 saturated heterocycles. The van der Waals surface area contributed by atoms with Crippen LogP contribution in [0.3, 0.4) is 0 Å². The van der Waals surface area contributed by atoms with E-state index >= 15 is 0 Å². The fourth-order valence-corrected chi connectivity index (χ4v) is 1.97. The summed E-state index contributed by atoms with van der Waals surface area (Å²) in [7, 11) is 0. The molecule has 0 aliphatic rings. The molecule has 3 N–H and O–H groups in total. The van der Waals surface area contributed by atoms with Gasteiger partial charge in [-0.25, -0.2) is 14.3 Å². The van der Waals surface area contributed by atoms with Crippen molar-refractivity contribution in [2.24, 2.45) is 0 Å². The van der Waals surface area contributed by atoms with Crippen molar-refractivity contribution in [1.29, 1.82) is 0 Å². The molecule has 0 unspecified atom stereocenters. The number of hydrogen-bond donors (Lipinski definition) is 3. The standard InChI is InChI=1S/C14H12N4O3/c19-10-3-1-2-9(6-10)7-15-12-4-5-13-16-8-11(14(20)21)18(13)17-12/h1-6,8,19H,7H2,(H,15,17)(H,20,21). The molecule has 0 spiro atoms. The zero-order valence-electron chi connectivity index (χ0n) is 10.9. The Kier molecular flexibility index (Phi) is 3.15. The monoisotopic (exact) mass is 284 g/mol. The number of anilines is 1. The van der Waals surface area contributed by atoms with E-state index in [0.29, 0.717) is 18.0 Å². The van der Waals surface area contributed by atoms with Crippen molar-refractivity contribution in [1.82, 2.24) is 14.6 Å². The number of phenols is 1. The summed E-state index contributed by atoms with van der Waals surface area (Å²) in [5, 5.41) is 25.7. The van der Waals surface area contributed by atoms with Gasteiger partial charge in [0.15, 0.2) is 11.3 Å². The Morgan fingerprint density at radius 2 is 2.14 bits per heavy atom. The molecule has 21 heavy (non-hydrogen) atoms. The van der Waals surface area contributed by atoms with Gasteiger partial charge in [-0.05, 0) is 29.8 Å². The normalized spacial score (nSPS) is 10.7. The number of imidazole rings is 1. The van der Waals surface area contributed by atoms with Crippen molar-refractivity contribution in [3.63, 3.8) is 0 Å². The van der Waals surface area contributed by atoms with Gasteiger partial charge in [0.05, 0.1) is 6.20 Å². The number of hydrogen-bond acceptors (Lipinski definition) is 5. The Labute approximate surface area is 119 Å². The minimum Gasteiger partial charge on any atom is -0.508 e. The van der Waals surface area contributed by atoms with Gasteiger partial charge in [-0.1, -0.05) is 12.1 Å². The summed E-state index contributed by atoms with van der Waals surface area (Å²) in [6, 6.07) is 10.3. The minimum atomic E-state index is -1.08. The smallest absolute Gasteiger partial charge is 0.356 e. The summed E-state index contributed by atoms with van der Waals surface area (Å²) in [4.78, 5) is 15.0. The fraction of sp³-hybridized carbons (Fsp3) is 0.0714. The van der Waals surface area contributed by atoms with Gasteiger partial charge in [0.1, 0.15) is 11.6 Å². The van der Waals surface area contributed by atoms with Crippen LogP contribution in [0.2, 0.25) is 0 Å². The van der Waals surface area contributed by atoms with E-state index in [-0.39, 0.29) is 11.4 Å². The predicted octanol–water partition coefficient (Wildman–Crippen LogP) is 1.75. The van der Waals surface area contributed by atoms with Crippen LogP contribution in [-0.4, -0.2) is 30.8 Å². The summed E-state index contributed by atoms with van der Waals surface area (Å²) in [5.41, 5.74) is 1.36. The van der Waals surface area contributed by atoms with E-state index in [1.54, 1.807) is 30.3 Å². The molecule has 0 fully saturated rings. The number of benzene rings is 1. The van der Waals surface area contributed by atoms with Crippen LogP contribution in [0.5, 0.6) is 5.75 Å². The zero-order chi connectivity index (χ0) is 14.8. The van der Waals surface area contributed by atoms with Gasteiger partial charge >= 0.3 is 5.97 Å². The molecule has 0 aliphatic carbocycles. The number of fused-ring (bicyclic) bond motifs is 1. The van der Waals surface area contributed by atoms with Crippen LogP contribution in [0.4, 0.5) is 5.82 Å². The highest BCUT2D eigenvalue weighted by Gasteiger charge is 2.11. The third kappa shape index (κ3) is 2.62. The van der Waals surface area contributed by atoms with E-state index in [2.05, 4.69) is 15.4 Å². The molecular weight excluding hydrogens is 272 g/mol. The van der Waals surface area contributed by atoms with E-state index in [1.807, 2.05) is 6.07 Å². The third-order valence-corrected chi connectivity index (χ3v) is 2.97. The molecule has 7 nitrogen and oxygen atoms in total. The number of carbonyl (C=O) groups is 1. The molecule has 0 amide bonds. The lowest BCUT2D eigenvalue weighted by atomic mass is 10.2. The fourth-order valence-electron chi connectivity index (χ4n) is 1.97. The van der Waals surface area contributed by atoms with Gasteiger partial charge in [0, 0.05) is 6.54 Å². The molecule has 2 aromatic heterocycles. The Hall–Kier alpha value is -3.09. The number of aromatic hydroxyl groups is 1. The van der Waals surface area contributed by atoms with Crippen LogP contribution in [0, 0.1) is 0 Å². The maximum atomic E-state index is 11.1. The largest absolute Gasteiger partial charge is 0.508 e. The molecule has 3 aromatic rings. The minimum absolute atomic E-state index is 0.00556. The molecule has 0 radical (unpaired) electrons. The Bertz CT molecular complexity index is 813. The van der Waals surface area contributed by atoms with Gasteiger partial charge in [-0.15, -0.1) is 5.10 Å². The average molecular weight is 284 g/mol. The van der Waals surface area contributed by atoms with Crippen LogP contribution >= 0.6 is 0 Å².